The molecule has 4 aromatic rings. The van der Waals surface area contributed by atoms with Crippen molar-refractivity contribution in [2.45, 2.75) is 39.5 Å². The zero-order valence-electron chi connectivity index (χ0n) is 17.1. The molecular weight excluding hydrogens is 509 g/mol. The van der Waals surface area contributed by atoms with E-state index in [4.69, 9.17) is 0 Å². The summed E-state index contributed by atoms with van der Waals surface area (Å²) in [6.07, 6.45) is -2.27. The Bertz CT molecular complexity index is 1290. The van der Waals surface area contributed by atoms with Crippen LogP contribution in [0, 0.1) is 0 Å². The van der Waals surface area contributed by atoms with E-state index in [1.54, 1.807) is 16.9 Å². The second kappa shape index (κ2) is 8.66. The highest BCUT2D eigenvalue weighted by Crippen LogP contribution is 2.34. The molecule has 0 saturated carbocycles. The van der Waals surface area contributed by atoms with Crippen molar-refractivity contribution in [3.05, 3.63) is 56.9 Å². The first-order valence-corrected chi connectivity index (χ1v) is 11.4. The molecule has 7 nitrogen and oxygen atoms in total. The van der Waals surface area contributed by atoms with Crippen LogP contribution in [0.4, 0.5) is 13.2 Å². The molecule has 0 aliphatic heterocycles. The highest BCUT2D eigenvalue weighted by molar-refractivity contribution is 9.10. The maximum atomic E-state index is 13.8. The van der Waals surface area contributed by atoms with E-state index in [9.17, 15) is 18.0 Å². The predicted octanol–water partition coefficient (Wildman–Crippen LogP) is 4.95. The summed E-state index contributed by atoms with van der Waals surface area (Å²) >= 11 is 4.76. The fourth-order valence-electron chi connectivity index (χ4n) is 3.21. The van der Waals surface area contributed by atoms with Crippen molar-refractivity contribution in [3.63, 3.8) is 0 Å². The highest BCUT2D eigenvalue weighted by Gasteiger charge is 2.35. The fourth-order valence-corrected chi connectivity index (χ4v) is 4.55. The molecular formula is C20H18BrF3N6OS. The second-order valence-corrected chi connectivity index (χ2v) is 8.90. The van der Waals surface area contributed by atoms with Crippen LogP contribution in [0.3, 0.4) is 0 Å². The van der Waals surface area contributed by atoms with Crippen LogP contribution >= 0.6 is 27.3 Å². The molecule has 0 bridgehead atoms. The Kier molecular flexibility index (Phi) is 6.08. The summed E-state index contributed by atoms with van der Waals surface area (Å²) in [4.78, 5) is 18.6. The van der Waals surface area contributed by atoms with Gasteiger partial charge >= 0.3 is 6.18 Å². The smallest absolute Gasteiger partial charge is 0.345 e. The number of hydrogen-bond donors (Lipinski definition) is 1. The average molecular weight is 527 g/mol. The van der Waals surface area contributed by atoms with Gasteiger partial charge in [0.2, 0.25) is 0 Å². The van der Waals surface area contributed by atoms with Gasteiger partial charge in [0.25, 0.3) is 5.91 Å². The first-order chi connectivity index (χ1) is 15.2. The maximum absolute atomic E-state index is 13.8. The van der Waals surface area contributed by atoms with Crippen LogP contribution in [0.25, 0.3) is 16.2 Å². The van der Waals surface area contributed by atoms with Crippen LogP contribution in [0.2, 0.25) is 0 Å². The summed E-state index contributed by atoms with van der Waals surface area (Å²) in [5.74, 6) is -0.606. The van der Waals surface area contributed by atoms with Crippen LogP contribution in [-0.4, -0.2) is 30.3 Å². The van der Waals surface area contributed by atoms with Gasteiger partial charge in [-0.1, -0.05) is 6.92 Å². The summed E-state index contributed by atoms with van der Waals surface area (Å²) in [6, 6.07) is 5.84. The SMILES string of the molecule is CCc1ccc(-c2cc(C(F)(F)F)n3nc(C(=O)NCc4c(Br)cnn4CC)cc3n2)s1. The molecule has 0 aliphatic rings. The third-order valence-electron chi connectivity index (χ3n) is 4.83. The molecule has 4 rings (SSSR count). The van der Waals surface area contributed by atoms with E-state index in [0.29, 0.717) is 15.9 Å². The molecule has 0 spiro atoms. The first-order valence-electron chi connectivity index (χ1n) is 9.76. The largest absolute Gasteiger partial charge is 0.433 e. The number of aromatic nitrogens is 5. The summed E-state index contributed by atoms with van der Waals surface area (Å²) in [7, 11) is 0. The summed E-state index contributed by atoms with van der Waals surface area (Å²) in [6.45, 7) is 4.63. The lowest BCUT2D eigenvalue weighted by atomic mass is 10.2. The lowest BCUT2D eigenvalue weighted by Gasteiger charge is -2.10. The monoisotopic (exact) mass is 526 g/mol. The molecule has 0 aromatic carbocycles. The number of amides is 1. The molecule has 1 N–H and O–H groups in total. The zero-order valence-corrected chi connectivity index (χ0v) is 19.5. The van der Waals surface area contributed by atoms with E-state index in [2.05, 4.69) is 36.4 Å². The van der Waals surface area contributed by atoms with Crippen LogP contribution in [0.1, 0.15) is 40.6 Å². The van der Waals surface area contributed by atoms with E-state index in [1.165, 1.54) is 17.4 Å². The number of nitrogens with one attached hydrogen (secondary N) is 1. The van der Waals surface area contributed by atoms with Crippen molar-refractivity contribution < 1.29 is 18.0 Å². The summed E-state index contributed by atoms with van der Waals surface area (Å²) < 4.78 is 44.4. The number of fused-ring (bicyclic) bond motifs is 1. The van der Waals surface area contributed by atoms with Gasteiger partial charge < -0.3 is 5.32 Å². The quantitative estimate of drug-likeness (QED) is 0.385. The number of alkyl halides is 3. The number of thiophene rings is 1. The van der Waals surface area contributed by atoms with E-state index >= 15 is 0 Å². The molecule has 32 heavy (non-hydrogen) atoms. The van der Waals surface area contributed by atoms with Crippen LogP contribution in [-0.2, 0) is 25.7 Å². The molecule has 0 unspecified atom stereocenters. The van der Waals surface area contributed by atoms with E-state index in [-0.39, 0.29) is 23.6 Å². The van der Waals surface area contributed by atoms with E-state index in [1.807, 2.05) is 19.9 Å². The first kappa shape index (κ1) is 22.5. The zero-order chi connectivity index (χ0) is 23.0. The maximum Gasteiger partial charge on any atom is 0.433 e. The Labute approximate surface area is 193 Å². The lowest BCUT2D eigenvalue weighted by molar-refractivity contribution is -0.142. The van der Waals surface area contributed by atoms with Crippen molar-refractivity contribution in [1.29, 1.82) is 0 Å². The van der Waals surface area contributed by atoms with E-state index < -0.39 is 17.8 Å². The van der Waals surface area contributed by atoms with Crippen molar-refractivity contribution in [1.82, 2.24) is 29.7 Å². The van der Waals surface area contributed by atoms with Gasteiger partial charge in [0.15, 0.2) is 17.0 Å². The molecule has 4 heterocycles. The predicted molar refractivity (Wildman–Crippen MR) is 117 cm³/mol. The summed E-state index contributed by atoms with van der Waals surface area (Å²) in [5.41, 5.74) is -0.261. The van der Waals surface area contributed by atoms with Gasteiger partial charge in [-0.15, -0.1) is 11.3 Å². The number of carbonyl (C=O) groups is 1. The molecule has 0 aliphatic carbocycles. The summed E-state index contributed by atoms with van der Waals surface area (Å²) in [5, 5.41) is 10.7. The van der Waals surface area contributed by atoms with Gasteiger partial charge in [0.1, 0.15) is 0 Å². The number of carbonyl (C=O) groups excluding carboxylic acids is 1. The Morgan fingerprint density at radius 3 is 2.69 bits per heavy atom. The Morgan fingerprint density at radius 1 is 1.25 bits per heavy atom. The van der Waals surface area contributed by atoms with Crippen molar-refractivity contribution >= 4 is 38.8 Å². The van der Waals surface area contributed by atoms with Gasteiger partial charge in [-0.2, -0.15) is 23.4 Å². The molecule has 0 fully saturated rings. The minimum atomic E-state index is -4.67. The standard InChI is InChI=1S/C20H18BrF3N6OS/c1-3-11-5-6-16(32-11)13-7-17(20(22,23)24)30-18(27-13)8-14(28-30)19(31)25-10-15-12(21)9-26-29(15)4-2/h5-9H,3-4,10H2,1-2H3,(H,25,31). The van der Waals surface area contributed by atoms with Crippen molar-refractivity contribution in [2.24, 2.45) is 0 Å². The number of rotatable bonds is 6. The second-order valence-electron chi connectivity index (χ2n) is 6.88. The van der Waals surface area contributed by atoms with Gasteiger partial charge in [0.05, 0.1) is 33.5 Å². The van der Waals surface area contributed by atoms with Crippen LogP contribution < -0.4 is 5.32 Å². The fraction of sp³-hybridized carbons (Fsp3) is 0.300. The highest BCUT2D eigenvalue weighted by atomic mass is 79.9. The van der Waals surface area contributed by atoms with Crippen LogP contribution in [0.5, 0.6) is 0 Å². The molecule has 0 atom stereocenters. The van der Waals surface area contributed by atoms with Gasteiger partial charge in [-0.3, -0.25) is 9.48 Å². The Hall–Kier alpha value is -2.73. The van der Waals surface area contributed by atoms with Gasteiger partial charge in [-0.05, 0) is 47.5 Å². The van der Waals surface area contributed by atoms with Crippen molar-refractivity contribution in [3.8, 4) is 10.6 Å². The normalized spacial score (nSPS) is 11.9. The van der Waals surface area contributed by atoms with Crippen LogP contribution in [0.15, 0.2) is 34.9 Å². The number of hydrogen-bond acceptors (Lipinski definition) is 5. The number of aryl methyl sites for hydroxylation is 2. The van der Waals surface area contributed by atoms with Gasteiger partial charge in [-0.25, -0.2) is 9.50 Å². The molecule has 12 heteroatoms. The third-order valence-corrected chi connectivity index (χ3v) is 6.74. The van der Waals surface area contributed by atoms with Crippen molar-refractivity contribution in [2.75, 3.05) is 0 Å². The topological polar surface area (TPSA) is 77.1 Å². The minimum absolute atomic E-state index is 0.0498. The minimum Gasteiger partial charge on any atom is -0.345 e. The van der Waals surface area contributed by atoms with Gasteiger partial charge in [0, 0.05) is 17.5 Å². The number of halogens is 4. The molecule has 1 amide bonds. The Balaban J connectivity index is 1.69. The molecule has 0 radical (unpaired) electrons. The molecule has 4 aromatic heterocycles. The number of nitrogens with zero attached hydrogens (tertiary/aromatic N) is 5. The molecule has 0 saturated heterocycles. The van der Waals surface area contributed by atoms with E-state index in [0.717, 1.165) is 27.5 Å². The Morgan fingerprint density at radius 2 is 2.03 bits per heavy atom. The average Bonchev–Trinajstić information content (AvgIpc) is 3.48. The third kappa shape index (κ3) is 4.29. The lowest BCUT2D eigenvalue weighted by Crippen LogP contribution is -2.25. The molecule has 168 valence electrons.